The Balaban J connectivity index is 2.07. The first-order valence-corrected chi connectivity index (χ1v) is 6.71. The van der Waals surface area contributed by atoms with E-state index in [-0.39, 0.29) is 0 Å². The molecule has 1 aromatic carbocycles. The van der Waals surface area contributed by atoms with Gasteiger partial charge in [0.2, 0.25) is 0 Å². The summed E-state index contributed by atoms with van der Waals surface area (Å²) in [5.74, 6) is 0. The largest absolute Gasteiger partial charge is 0.397 e. The highest BCUT2D eigenvalue weighted by Crippen LogP contribution is 2.28. The van der Waals surface area contributed by atoms with E-state index in [2.05, 4.69) is 36.9 Å². The zero-order chi connectivity index (χ0) is 11.5. The van der Waals surface area contributed by atoms with Gasteiger partial charge in [-0.25, -0.2) is 0 Å². The predicted octanol–water partition coefficient (Wildman–Crippen LogP) is 2.96. The molecule has 1 aliphatic rings. The number of rotatable bonds is 5. The number of hydrogen-bond acceptors (Lipinski definition) is 2. The maximum absolute atomic E-state index is 5.26. The van der Waals surface area contributed by atoms with Gasteiger partial charge in [-0.2, -0.15) is 0 Å². The lowest BCUT2D eigenvalue weighted by molar-refractivity contribution is 0.281. The van der Waals surface area contributed by atoms with Crippen molar-refractivity contribution in [3.63, 3.8) is 0 Å². The molecule has 0 aliphatic heterocycles. The minimum atomic E-state index is -1.19. The van der Waals surface area contributed by atoms with Crippen LogP contribution < -0.4 is 0 Å². The van der Waals surface area contributed by atoms with Gasteiger partial charge in [-0.05, 0) is 28.3 Å². The highest BCUT2D eigenvalue weighted by atomic mass is 28.3. The molecule has 0 saturated carbocycles. The molecule has 0 unspecified atom stereocenters. The van der Waals surface area contributed by atoms with Crippen LogP contribution in [-0.4, -0.2) is 23.5 Å². The third-order valence-electron chi connectivity index (χ3n) is 2.75. The van der Waals surface area contributed by atoms with Gasteiger partial charge in [-0.3, -0.25) is 0 Å². The summed E-state index contributed by atoms with van der Waals surface area (Å²) in [6, 6.07) is 7.19. The molecule has 1 aliphatic carbocycles. The molecular formula is C13H15O2Si. The first-order valence-electron chi connectivity index (χ1n) is 5.18. The number of benzene rings is 1. The van der Waals surface area contributed by atoms with Gasteiger partial charge >= 0.3 is 9.28 Å². The molecule has 2 nitrogen and oxygen atoms in total. The zero-order valence-corrected chi connectivity index (χ0v) is 10.6. The van der Waals surface area contributed by atoms with E-state index in [0.29, 0.717) is 0 Å². The van der Waals surface area contributed by atoms with Gasteiger partial charge in [-0.15, -0.1) is 0 Å². The summed E-state index contributed by atoms with van der Waals surface area (Å²) in [7, 11) is 2.18. The van der Waals surface area contributed by atoms with Crippen LogP contribution in [0, 0.1) is 0 Å². The van der Waals surface area contributed by atoms with Gasteiger partial charge in [0.25, 0.3) is 0 Å². The Hall–Kier alpha value is -1.16. The Morgan fingerprint density at radius 2 is 1.88 bits per heavy atom. The summed E-state index contributed by atoms with van der Waals surface area (Å²) < 4.78 is 10.5. The quantitative estimate of drug-likeness (QED) is 0.737. The van der Waals surface area contributed by atoms with E-state index in [1.165, 1.54) is 16.7 Å². The monoisotopic (exact) mass is 231 g/mol. The second-order valence-corrected chi connectivity index (χ2v) is 5.65. The summed E-state index contributed by atoms with van der Waals surface area (Å²) in [6.45, 7) is 4.10. The second-order valence-electron chi connectivity index (χ2n) is 3.74. The molecule has 0 saturated heterocycles. The smallest absolute Gasteiger partial charge is 0.388 e. The van der Waals surface area contributed by atoms with Crippen molar-refractivity contribution in [1.29, 1.82) is 0 Å². The summed E-state index contributed by atoms with van der Waals surface area (Å²) in [6.07, 6.45) is 4.23. The van der Waals surface area contributed by atoms with Crippen molar-refractivity contribution in [2.24, 2.45) is 0 Å². The third-order valence-corrected chi connectivity index (χ3v) is 4.38. The second kappa shape index (κ2) is 4.78. The Kier molecular flexibility index (Phi) is 3.38. The van der Waals surface area contributed by atoms with E-state index >= 15 is 0 Å². The summed E-state index contributed by atoms with van der Waals surface area (Å²) in [5.41, 5.74) is 4.86. The molecule has 0 atom stereocenters. The minimum absolute atomic E-state index is 0.792. The average molecular weight is 231 g/mol. The van der Waals surface area contributed by atoms with Crippen molar-refractivity contribution in [3.05, 3.63) is 41.5 Å². The van der Waals surface area contributed by atoms with Gasteiger partial charge in [0.15, 0.2) is 0 Å². The minimum Gasteiger partial charge on any atom is -0.397 e. The Labute approximate surface area is 98.1 Å². The predicted molar refractivity (Wildman–Crippen MR) is 69.0 cm³/mol. The summed E-state index contributed by atoms with van der Waals surface area (Å²) >= 11 is 0. The molecule has 1 aromatic rings. The van der Waals surface area contributed by atoms with E-state index < -0.39 is 9.28 Å². The van der Waals surface area contributed by atoms with E-state index in [1.54, 1.807) is 14.2 Å². The lowest BCUT2D eigenvalue weighted by Crippen LogP contribution is -2.18. The molecule has 0 fully saturated rings. The molecule has 0 amide bonds. The summed E-state index contributed by atoms with van der Waals surface area (Å²) in [4.78, 5) is 0. The highest BCUT2D eigenvalue weighted by Gasteiger charge is 2.15. The first kappa shape index (κ1) is 11.3. The van der Waals surface area contributed by atoms with Gasteiger partial charge < -0.3 is 8.85 Å². The lowest BCUT2D eigenvalue weighted by atomic mass is 9.94. The third kappa shape index (κ3) is 2.16. The van der Waals surface area contributed by atoms with Crippen molar-refractivity contribution in [2.75, 3.05) is 14.2 Å². The van der Waals surface area contributed by atoms with Crippen molar-refractivity contribution in [3.8, 4) is 0 Å². The normalized spacial score (nSPS) is 12.4. The maximum Gasteiger partial charge on any atom is 0.388 e. The molecule has 0 aromatic heterocycles. The summed E-state index contributed by atoms with van der Waals surface area (Å²) in [5, 5.41) is 0. The van der Waals surface area contributed by atoms with Crippen LogP contribution in [0.1, 0.15) is 16.7 Å². The molecule has 0 bridgehead atoms. The van der Waals surface area contributed by atoms with Crippen molar-refractivity contribution in [1.82, 2.24) is 0 Å². The number of hydrogen-bond donors (Lipinski definition) is 0. The SMILES string of the molecule is C=C(C[Si](OC)OC)c1ccc2c(c1)C=C2. The molecule has 0 spiro atoms. The molecule has 83 valence electrons. The lowest BCUT2D eigenvalue weighted by Gasteiger charge is -2.15. The molecule has 1 radical (unpaired) electrons. The van der Waals surface area contributed by atoms with Crippen LogP contribution in [-0.2, 0) is 8.85 Å². The van der Waals surface area contributed by atoms with E-state index in [0.717, 1.165) is 11.6 Å². The van der Waals surface area contributed by atoms with E-state index in [1.807, 2.05) is 0 Å². The average Bonchev–Trinajstić information content (AvgIpc) is 2.27. The van der Waals surface area contributed by atoms with Crippen LogP contribution in [0.4, 0.5) is 0 Å². The van der Waals surface area contributed by atoms with Crippen LogP contribution in [0.3, 0.4) is 0 Å². The van der Waals surface area contributed by atoms with Gasteiger partial charge in [0.05, 0.1) is 0 Å². The Morgan fingerprint density at radius 3 is 2.38 bits per heavy atom. The number of fused-ring (bicyclic) bond motifs is 1. The van der Waals surface area contributed by atoms with E-state index in [4.69, 9.17) is 8.85 Å². The molecular weight excluding hydrogens is 216 g/mol. The van der Waals surface area contributed by atoms with E-state index in [9.17, 15) is 0 Å². The molecule has 3 heteroatoms. The van der Waals surface area contributed by atoms with Gasteiger partial charge in [0.1, 0.15) is 0 Å². The first-order chi connectivity index (χ1) is 7.74. The fraction of sp³-hybridized carbons (Fsp3) is 0.231. The molecule has 0 heterocycles. The van der Waals surface area contributed by atoms with Crippen LogP contribution in [0.5, 0.6) is 0 Å². The molecule has 2 rings (SSSR count). The van der Waals surface area contributed by atoms with Gasteiger partial charge in [-0.1, -0.05) is 30.9 Å². The Morgan fingerprint density at radius 1 is 1.19 bits per heavy atom. The van der Waals surface area contributed by atoms with Crippen molar-refractivity contribution >= 4 is 27.0 Å². The van der Waals surface area contributed by atoms with Gasteiger partial charge in [0, 0.05) is 20.3 Å². The zero-order valence-electron chi connectivity index (χ0n) is 9.62. The topological polar surface area (TPSA) is 18.5 Å². The maximum atomic E-state index is 5.26. The Bertz CT molecular complexity index is 434. The van der Waals surface area contributed by atoms with Crippen LogP contribution in [0.2, 0.25) is 6.04 Å². The van der Waals surface area contributed by atoms with Crippen LogP contribution >= 0.6 is 0 Å². The van der Waals surface area contributed by atoms with Crippen molar-refractivity contribution in [2.45, 2.75) is 6.04 Å². The number of allylic oxidation sites excluding steroid dienone is 1. The fourth-order valence-corrected chi connectivity index (χ4v) is 2.69. The van der Waals surface area contributed by atoms with Crippen molar-refractivity contribution < 1.29 is 8.85 Å². The van der Waals surface area contributed by atoms with Crippen LogP contribution in [0.15, 0.2) is 24.8 Å². The molecule has 0 N–H and O–H groups in total. The van der Waals surface area contributed by atoms with Crippen LogP contribution in [0.25, 0.3) is 17.7 Å². The fourth-order valence-electron chi connectivity index (χ4n) is 1.68. The standard InChI is InChI=1S/C13H15O2Si/c1-10(9-16(14-2)15-3)12-6-4-11-5-7-13(11)8-12/h4-8H,1,9H2,2-3H3. The highest BCUT2D eigenvalue weighted by molar-refractivity contribution is 6.47. The molecule has 16 heavy (non-hydrogen) atoms.